The topological polar surface area (TPSA) is 184 Å². The lowest BCUT2D eigenvalue weighted by atomic mass is 9.91. The number of hydrogen-bond acceptors (Lipinski definition) is 14. The zero-order valence-corrected chi connectivity index (χ0v) is 59.5. The van der Waals surface area contributed by atoms with Crippen LogP contribution in [0.15, 0.2) is 109 Å². The first-order valence-electron chi connectivity index (χ1n) is 36.0. The van der Waals surface area contributed by atoms with Gasteiger partial charge < -0.3 is 39.0 Å². The van der Waals surface area contributed by atoms with Crippen molar-refractivity contribution >= 4 is 5.57 Å². The number of aryl methyl sites for hydroxylation is 8. The number of benzene rings is 5. The van der Waals surface area contributed by atoms with Crippen LogP contribution in [0.2, 0.25) is 0 Å². The van der Waals surface area contributed by atoms with Crippen LogP contribution in [-0.4, -0.2) is 109 Å². The van der Waals surface area contributed by atoms with Gasteiger partial charge in [0, 0.05) is 54.6 Å². The minimum absolute atomic E-state index is 0.0262. The molecule has 14 nitrogen and oxygen atoms in total. The average molecular weight is 1310 g/mol. The summed E-state index contributed by atoms with van der Waals surface area (Å²) in [6, 6.07) is 29.9. The van der Waals surface area contributed by atoms with Gasteiger partial charge in [0.05, 0.1) is 36.6 Å². The van der Waals surface area contributed by atoms with Crippen molar-refractivity contribution in [3.63, 3.8) is 0 Å². The van der Waals surface area contributed by atoms with E-state index in [9.17, 15) is 15.3 Å². The molecule has 516 valence electrons. The summed E-state index contributed by atoms with van der Waals surface area (Å²) in [4.78, 5) is 29.6. The van der Waals surface area contributed by atoms with E-state index in [0.29, 0.717) is 84.9 Å². The molecule has 0 saturated heterocycles. The minimum atomic E-state index is -0.818. The van der Waals surface area contributed by atoms with E-state index in [4.69, 9.17) is 53.6 Å². The Kier molecular flexibility index (Phi) is 30.0. The number of aromatic nitrogens is 6. The lowest BCUT2D eigenvalue weighted by Gasteiger charge is -2.31. The quantitative estimate of drug-likeness (QED) is 0.0307. The van der Waals surface area contributed by atoms with Gasteiger partial charge in [0.15, 0.2) is 34.9 Å². The summed E-state index contributed by atoms with van der Waals surface area (Å²) in [7, 11) is 0. The first-order chi connectivity index (χ1) is 46.4. The number of unbranched alkanes of at least 4 members (excludes halogenated alkanes) is 19. The third-order valence-electron chi connectivity index (χ3n) is 18.2. The molecule has 8 rings (SSSR count). The standard InChI is InChI=1S/C82H110N6O8/c1-11-12-13-14-15-16-17-20-24-27-30-45-93-55-67(56-96-82(10)43-42-73(75(91)52-82)81-87-78(70-39-34-59(4)49-63(70)8)84-79(88-81)71-40-35-60(5)50-64(71)9)94-46-31-28-25-22-19-18-21-23-26-29-44-92-53-65(89)54-95-66-36-41-72(74(90)51-66)80-85-76(68-37-32-57(2)47-61(68)6)83-77(86-80)69-38-33-58(3)48-62(69)7/h32-43,47-51,65,67,89-91H,11-31,44-46,52-56H2,1-10H3. The van der Waals surface area contributed by atoms with E-state index in [2.05, 4.69) is 97.0 Å². The lowest BCUT2D eigenvalue weighted by Crippen LogP contribution is -2.35. The molecule has 7 aromatic rings. The zero-order valence-electron chi connectivity index (χ0n) is 59.5. The molecule has 0 bridgehead atoms. The Hall–Kier alpha value is -7.20. The van der Waals surface area contributed by atoms with Crippen LogP contribution >= 0.6 is 0 Å². The molecule has 1 aliphatic carbocycles. The number of rotatable bonds is 42. The van der Waals surface area contributed by atoms with Gasteiger partial charge in [-0.05, 0) is 122 Å². The lowest BCUT2D eigenvalue weighted by molar-refractivity contribution is -0.0958. The fourth-order valence-corrected chi connectivity index (χ4v) is 12.6. The molecule has 3 N–H and O–H groups in total. The van der Waals surface area contributed by atoms with Crippen LogP contribution in [0.1, 0.15) is 205 Å². The van der Waals surface area contributed by atoms with Crippen LogP contribution in [0, 0.1) is 55.4 Å². The second-order valence-corrected chi connectivity index (χ2v) is 27.2. The summed E-state index contributed by atoms with van der Waals surface area (Å²) in [5.74, 6) is 3.53. The molecule has 0 amide bonds. The van der Waals surface area contributed by atoms with E-state index in [1.54, 1.807) is 12.1 Å². The number of hydrogen-bond donors (Lipinski definition) is 3. The van der Waals surface area contributed by atoms with Crippen LogP contribution in [-0.2, 0) is 18.9 Å². The van der Waals surface area contributed by atoms with Crippen molar-refractivity contribution in [1.29, 1.82) is 0 Å². The summed E-state index contributed by atoms with van der Waals surface area (Å²) < 4.78 is 31.2. The first-order valence-corrected chi connectivity index (χ1v) is 36.0. The Labute approximate surface area is 573 Å². The maximum Gasteiger partial charge on any atom is 0.167 e. The number of allylic oxidation sites excluding steroid dienone is 2. The number of aliphatic hydroxyl groups is 2. The highest BCUT2D eigenvalue weighted by atomic mass is 16.6. The molecule has 0 fully saturated rings. The highest BCUT2D eigenvalue weighted by Crippen LogP contribution is 2.37. The molecule has 3 atom stereocenters. The van der Waals surface area contributed by atoms with Crippen molar-refractivity contribution in [3.05, 3.63) is 159 Å². The predicted molar refractivity (Wildman–Crippen MR) is 390 cm³/mol. The monoisotopic (exact) mass is 1310 g/mol. The second-order valence-electron chi connectivity index (χ2n) is 27.2. The third kappa shape index (κ3) is 23.5. The van der Waals surface area contributed by atoms with Gasteiger partial charge >= 0.3 is 0 Å². The normalized spacial score (nSPS) is 14.6. The summed E-state index contributed by atoms with van der Waals surface area (Å²) in [6.07, 6.45) is 28.6. The minimum Gasteiger partial charge on any atom is -0.511 e. The SMILES string of the molecule is CCCCCCCCCCCCCOCC(COC1(C)C=CC(c2nc(-c3ccc(C)cc3C)nc(-c3ccc(C)cc3C)n2)=C(O)C1)OCCCCCCCCCCCCOCC(O)COc1ccc(-c2nc(-c3ccc(C)cc3C)nc(-c3ccc(C)cc3C)n2)c(O)c1. The van der Waals surface area contributed by atoms with Gasteiger partial charge in [-0.25, -0.2) is 29.9 Å². The van der Waals surface area contributed by atoms with E-state index >= 15 is 0 Å². The van der Waals surface area contributed by atoms with Crippen molar-refractivity contribution in [1.82, 2.24) is 29.9 Å². The van der Waals surface area contributed by atoms with E-state index < -0.39 is 11.7 Å². The molecule has 0 aliphatic heterocycles. The molecular formula is C82H110N6O8. The molecule has 5 aromatic carbocycles. The first kappa shape index (κ1) is 74.6. The summed E-state index contributed by atoms with van der Waals surface area (Å²) in [5.41, 5.74) is 12.8. The maximum absolute atomic E-state index is 11.8. The molecule has 2 heterocycles. The summed E-state index contributed by atoms with van der Waals surface area (Å²) in [6.45, 7) is 23.7. The Bertz CT molecular complexity index is 3500. The van der Waals surface area contributed by atoms with Crippen molar-refractivity contribution < 1.29 is 39.0 Å². The predicted octanol–water partition coefficient (Wildman–Crippen LogP) is 19.6. The fraction of sp³-hybridized carbons (Fsp3) is 0.512. The Balaban J connectivity index is 0.724. The summed E-state index contributed by atoms with van der Waals surface area (Å²) >= 11 is 0. The molecule has 0 radical (unpaired) electrons. The van der Waals surface area contributed by atoms with Crippen molar-refractivity contribution in [3.8, 4) is 68.4 Å². The van der Waals surface area contributed by atoms with Crippen LogP contribution in [0.5, 0.6) is 11.5 Å². The van der Waals surface area contributed by atoms with E-state index in [-0.39, 0.29) is 37.2 Å². The average Bonchev–Trinajstić information content (AvgIpc) is 0.789. The number of aliphatic hydroxyl groups excluding tert-OH is 2. The van der Waals surface area contributed by atoms with Gasteiger partial charge in [-0.2, -0.15) is 0 Å². The maximum atomic E-state index is 11.8. The molecule has 2 aromatic heterocycles. The summed E-state index contributed by atoms with van der Waals surface area (Å²) in [5, 5.41) is 33.8. The van der Waals surface area contributed by atoms with Crippen molar-refractivity contribution in [2.24, 2.45) is 0 Å². The molecular weight excluding hydrogens is 1200 g/mol. The van der Waals surface area contributed by atoms with E-state index in [1.807, 2.05) is 57.2 Å². The van der Waals surface area contributed by atoms with Gasteiger partial charge in [0.25, 0.3) is 0 Å². The van der Waals surface area contributed by atoms with Gasteiger partial charge in [0.1, 0.15) is 36.1 Å². The Morgan fingerprint density at radius 2 is 0.792 bits per heavy atom. The molecule has 96 heavy (non-hydrogen) atoms. The van der Waals surface area contributed by atoms with Crippen molar-refractivity contribution in [2.75, 3.05) is 46.2 Å². The highest BCUT2D eigenvalue weighted by molar-refractivity contribution is 5.77. The van der Waals surface area contributed by atoms with Crippen LogP contribution < -0.4 is 4.74 Å². The number of phenols is 1. The molecule has 14 heteroatoms. The number of phenolic OH excluding ortho intramolecular Hbond substituents is 1. The van der Waals surface area contributed by atoms with Crippen LogP contribution in [0.3, 0.4) is 0 Å². The largest absolute Gasteiger partial charge is 0.511 e. The Morgan fingerprint density at radius 3 is 1.20 bits per heavy atom. The second kappa shape index (κ2) is 38.7. The van der Waals surface area contributed by atoms with Gasteiger partial charge in [-0.3, -0.25) is 0 Å². The van der Waals surface area contributed by atoms with Crippen molar-refractivity contribution in [2.45, 2.75) is 228 Å². The van der Waals surface area contributed by atoms with Gasteiger partial charge in [-0.15, -0.1) is 0 Å². The Morgan fingerprint density at radius 1 is 0.417 bits per heavy atom. The highest BCUT2D eigenvalue weighted by Gasteiger charge is 2.32. The van der Waals surface area contributed by atoms with Gasteiger partial charge in [-0.1, -0.05) is 224 Å². The molecule has 0 spiro atoms. The smallest absolute Gasteiger partial charge is 0.167 e. The van der Waals surface area contributed by atoms with E-state index in [1.165, 1.54) is 114 Å². The number of nitrogens with zero attached hydrogens (tertiary/aromatic N) is 6. The molecule has 3 unspecified atom stereocenters. The third-order valence-corrected chi connectivity index (χ3v) is 18.2. The fourth-order valence-electron chi connectivity index (χ4n) is 12.6. The zero-order chi connectivity index (χ0) is 68.2. The van der Waals surface area contributed by atoms with Crippen LogP contribution in [0.4, 0.5) is 0 Å². The van der Waals surface area contributed by atoms with Gasteiger partial charge in [0.2, 0.25) is 0 Å². The number of aromatic hydroxyl groups is 1. The number of ether oxygens (including phenoxy) is 5. The molecule has 1 aliphatic rings. The van der Waals surface area contributed by atoms with Crippen LogP contribution in [0.25, 0.3) is 62.5 Å². The van der Waals surface area contributed by atoms with E-state index in [0.717, 1.165) is 94.2 Å². The molecule has 0 saturated carbocycles.